The van der Waals surface area contributed by atoms with E-state index in [0.717, 1.165) is 0 Å². The lowest BCUT2D eigenvalue weighted by Crippen LogP contribution is -1.70. The van der Waals surface area contributed by atoms with Crippen molar-refractivity contribution in [3.8, 4) is 0 Å². The molecule has 41 valence electrons. The molecule has 0 spiro atoms. The summed E-state index contributed by atoms with van der Waals surface area (Å²) in [6.07, 6.45) is 6.37. The van der Waals surface area contributed by atoms with Gasteiger partial charge in [-0.15, -0.1) is 0 Å². The second-order valence-electron chi connectivity index (χ2n) is 1.22. The molecule has 0 atom stereocenters. The molecule has 1 heteroatoms. The van der Waals surface area contributed by atoms with Crippen molar-refractivity contribution in [3.05, 3.63) is 37.0 Å². The Morgan fingerprint density at radius 1 is 1.62 bits per heavy atom. The Balaban J connectivity index is 3.69. The van der Waals surface area contributed by atoms with Crippen LogP contribution in [0.2, 0.25) is 0 Å². The van der Waals surface area contributed by atoms with Crippen LogP contribution in [0.5, 0.6) is 0 Å². The van der Waals surface area contributed by atoms with Crippen LogP contribution in [0.1, 0.15) is 0 Å². The van der Waals surface area contributed by atoms with E-state index < -0.39 is 0 Å². The van der Waals surface area contributed by atoms with Gasteiger partial charge in [0.2, 0.25) is 6.29 Å². The smallest absolute Gasteiger partial charge is 0.232 e. The van der Waals surface area contributed by atoms with Crippen molar-refractivity contribution in [2.45, 2.75) is 0 Å². The van der Waals surface area contributed by atoms with E-state index in [1.54, 1.807) is 24.5 Å². The molecule has 0 saturated carbocycles. The maximum absolute atomic E-state index is 9.70. The van der Waals surface area contributed by atoms with Crippen molar-refractivity contribution in [1.29, 1.82) is 0 Å². The molecule has 8 heavy (non-hydrogen) atoms. The Morgan fingerprint density at radius 3 is 2.62 bits per heavy atom. The monoisotopic (exact) mass is 107 g/mol. The van der Waals surface area contributed by atoms with Crippen LogP contribution < -0.4 is 0 Å². The number of hydrogen-bond donors (Lipinski definition) is 0. The van der Waals surface area contributed by atoms with Crippen molar-refractivity contribution >= 4 is 6.29 Å². The van der Waals surface area contributed by atoms with Gasteiger partial charge in [0.05, 0.1) is 0 Å². The molecular weight excluding hydrogens is 100 g/mol. The predicted octanol–water partition coefficient (Wildman–Crippen LogP) is 1.39. The summed E-state index contributed by atoms with van der Waals surface area (Å²) in [5.74, 6) is 0. The van der Waals surface area contributed by atoms with Crippen LogP contribution in [0, 0.1) is 0 Å². The lowest BCUT2D eigenvalue weighted by molar-refractivity contribution is 0.563. The summed E-state index contributed by atoms with van der Waals surface area (Å²) in [7, 11) is 0. The number of carbonyl (C=O) groups excluding carboxylic acids is 1. The van der Waals surface area contributed by atoms with E-state index in [2.05, 4.69) is 13.2 Å². The van der Waals surface area contributed by atoms with E-state index >= 15 is 0 Å². The average molecular weight is 107 g/mol. The van der Waals surface area contributed by atoms with Crippen molar-refractivity contribution in [2.75, 3.05) is 0 Å². The average Bonchev–Trinajstić information content (AvgIpc) is 1.83. The minimum atomic E-state index is 0.338. The maximum atomic E-state index is 9.70. The Hall–Kier alpha value is -1.11. The van der Waals surface area contributed by atoms with E-state index in [-0.39, 0.29) is 0 Å². The summed E-state index contributed by atoms with van der Waals surface area (Å²) in [6.45, 7) is 6.76. The van der Waals surface area contributed by atoms with Gasteiger partial charge in [0.15, 0.2) is 0 Å². The minimum Gasteiger partial charge on any atom is -0.285 e. The molecule has 0 unspecified atom stereocenters. The van der Waals surface area contributed by atoms with E-state index in [1.165, 1.54) is 0 Å². The molecule has 0 fully saturated rings. The van der Waals surface area contributed by atoms with Crippen LogP contribution in [0.25, 0.3) is 0 Å². The number of hydrogen-bond acceptors (Lipinski definition) is 1. The molecule has 0 aromatic rings. The maximum Gasteiger partial charge on any atom is 0.232 e. The third kappa shape index (κ3) is 3.09. The zero-order chi connectivity index (χ0) is 6.41. The highest BCUT2D eigenvalue weighted by Crippen LogP contribution is 1.85. The Morgan fingerprint density at radius 2 is 2.25 bits per heavy atom. The lowest BCUT2D eigenvalue weighted by atomic mass is 10.3. The quantitative estimate of drug-likeness (QED) is 0.393. The van der Waals surface area contributed by atoms with Gasteiger partial charge < -0.3 is 0 Å². The van der Waals surface area contributed by atoms with Gasteiger partial charge in [-0.3, -0.25) is 4.79 Å². The predicted molar refractivity (Wildman–Crippen MR) is 34.2 cm³/mol. The van der Waals surface area contributed by atoms with Crippen LogP contribution in [0.4, 0.5) is 0 Å². The summed E-state index contributed by atoms with van der Waals surface area (Å²) >= 11 is 0. The zero-order valence-electron chi connectivity index (χ0n) is 4.55. The standard InChI is InChI=1S/C7H7O/c1-3-4-5-7(2)6-8/h3-5H,1-2H2. The summed E-state index contributed by atoms with van der Waals surface area (Å²) < 4.78 is 0. The first-order chi connectivity index (χ1) is 3.81. The van der Waals surface area contributed by atoms with Crippen LogP contribution in [-0.4, -0.2) is 6.29 Å². The Labute approximate surface area is 49.0 Å². The highest BCUT2D eigenvalue weighted by molar-refractivity contribution is 5.77. The largest absolute Gasteiger partial charge is 0.285 e. The molecule has 0 aliphatic rings. The molecule has 0 rings (SSSR count). The molecule has 0 saturated heterocycles. The molecule has 0 heterocycles. The van der Waals surface area contributed by atoms with Crippen LogP contribution in [-0.2, 0) is 4.79 Å². The van der Waals surface area contributed by atoms with Gasteiger partial charge in [0.1, 0.15) is 0 Å². The molecule has 0 aromatic carbocycles. The second kappa shape index (κ2) is 4.06. The molecule has 0 N–H and O–H groups in total. The molecular formula is C7H7O. The van der Waals surface area contributed by atoms with Gasteiger partial charge in [-0.2, -0.15) is 0 Å². The van der Waals surface area contributed by atoms with Crippen LogP contribution >= 0.6 is 0 Å². The van der Waals surface area contributed by atoms with Crippen molar-refractivity contribution < 1.29 is 4.79 Å². The van der Waals surface area contributed by atoms with Gasteiger partial charge in [-0.1, -0.05) is 31.4 Å². The molecule has 0 aromatic heterocycles. The highest BCUT2D eigenvalue weighted by Gasteiger charge is 1.77. The van der Waals surface area contributed by atoms with Crippen molar-refractivity contribution in [3.63, 3.8) is 0 Å². The summed E-state index contributed by atoms with van der Waals surface area (Å²) in [5.41, 5.74) is 0.338. The first-order valence-electron chi connectivity index (χ1n) is 2.17. The lowest BCUT2D eigenvalue weighted by Gasteiger charge is -1.75. The Bertz CT molecular complexity index is 131. The second-order valence-corrected chi connectivity index (χ2v) is 1.22. The molecule has 0 amide bonds. The topological polar surface area (TPSA) is 17.1 Å². The minimum absolute atomic E-state index is 0.338. The molecule has 1 radical (unpaired) electrons. The van der Waals surface area contributed by atoms with E-state index in [0.29, 0.717) is 5.57 Å². The fourth-order valence-corrected chi connectivity index (χ4v) is 0.218. The van der Waals surface area contributed by atoms with Gasteiger partial charge >= 0.3 is 0 Å². The molecule has 0 aliphatic carbocycles. The van der Waals surface area contributed by atoms with Gasteiger partial charge in [0.25, 0.3) is 0 Å². The SMILES string of the molecule is C=CC=CC(=C)[C]=O. The molecule has 0 aliphatic heterocycles. The first-order valence-corrected chi connectivity index (χ1v) is 2.17. The van der Waals surface area contributed by atoms with Gasteiger partial charge in [-0.05, 0) is 0 Å². The van der Waals surface area contributed by atoms with Crippen molar-refractivity contribution in [1.82, 2.24) is 0 Å². The van der Waals surface area contributed by atoms with Crippen LogP contribution in [0.15, 0.2) is 37.0 Å². The fourth-order valence-electron chi connectivity index (χ4n) is 0.218. The summed E-state index contributed by atoms with van der Waals surface area (Å²) in [6, 6.07) is 0. The zero-order valence-corrected chi connectivity index (χ0v) is 4.55. The number of rotatable bonds is 3. The number of allylic oxidation sites excluding steroid dienone is 4. The van der Waals surface area contributed by atoms with E-state index in [1.807, 2.05) is 0 Å². The Kier molecular flexibility index (Phi) is 3.50. The third-order valence-electron chi connectivity index (χ3n) is 0.565. The summed E-state index contributed by atoms with van der Waals surface area (Å²) in [4.78, 5) is 9.70. The van der Waals surface area contributed by atoms with Gasteiger partial charge in [-0.25, -0.2) is 0 Å². The fraction of sp³-hybridized carbons (Fsp3) is 0. The van der Waals surface area contributed by atoms with Gasteiger partial charge in [0, 0.05) is 5.57 Å². The normalized spacial score (nSPS) is 9.00. The van der Waals surface area contributed by atoms with Crippen molar-refractivity contribution in [2.24, 2.45) is 0 Å². The molecule has 0 bridgehead atoms. The van der Waals surface area contributed by atoms with E-state index in [9.17, 15) is 4.79 Å². The highest BCUT2D eigenvalue weighted by atomic mass is 16.1. The molecule has 1 nitrogen and oxygen atoms in total. The van der Waals surface area contributed by atoms with E-state index in [4.69, 9.17) is 0 Å². The first kappa shape index (κ1) is 6.89. The third-order valence-corrected chi connectivity index (χ3v) is 0.565. The van der Waals surface area contributed by atoms with Crippen LogP contribution in [0.3, 0.4) is 0 Å². The summed E-state index contributed by atoms with van der Waals surface area (Å²) in [5, 5.41) is 0.